The maximum Gasteiger partial charge on any atom is 0.200 e. The first-order valence-electron chi connectivity index (χ1n) is 5.13. The molecule has 2 aromatic rings. The van der Waals surface area contributed by atoms with Gasteiger partial charge < -0.3 is 20.6 Å². The average Bonchev–Trinajstić information content (AvgIpc) is 2.82. The van der Waals surface area contributed by atoms with Crippen LogP contribution < -0.4 is 5.32 Å². The molecule has 0 aliphatic heterocycles. The minimum atomic E-state index is -0.472. The van der Waals surface area contributed by atoms with E-state index in [1.165, 1.54) is 11.6 Å². The van der Waals surface area contributed by atoms with Crippen molar-refractivity contribution in [3.63, 3.8) is 0 Å². The number of hydrogen-bond donors (Lipinski definition) is 4. The normalized spacial score (nSPS) is 10.6. The summed E-state index contributed by atoms with van der Waals surface area (Å²) in [5, 5.41) is 35.3. The fourth-order valence-electron chi connectivity index (χ4n) is 1.49. The Morgan fingerprint density at radius 1 is 1.00 bits per heavy atom. The molecule has 17 heavy (non-hydrogen) atoms. The molecule has 4 N–H and O–H groups in total. The highest BCUT2D eigenvalue weighted by molar-refractivity contribution is 7.07. The van der Waals surface area contributed by atoms with Crippen LogP contribution in [0.5, 0.6) is 17.2 Å². The fourth-order valence-corrected chi connectivity index (χ4v) is 2.16. The minimum Gasteiger partial charge on any atom is -0.504 e. The third-order valence-corrected chi connectivity index (χ3v) is 3.17. The molecule has 4 nitrogen and oxygen atoms in total. The van der Waals surface area contributed by atoms with Crippen molar-refractivity contribution in [1.29, 1.82) is 0 Å². The van der Waals surface area contributed by atoms with Crippen molar-refractivity contribution in [2.75, 3.05) is 0 Å². The van der Waals surface area contributed by atoms with Crippen LogP contribution in [0.4, 0.5) is 0 Å². The molecule has 1 aromatic carbocycles. The number of nitrogens with one attached hydrogen (secondary N) is 1. The summed E-state index contributed by atoms with van der Waals surface area (Å²) in [5.41, 5.74) is 1.73. The lowest BCUT2D eigenvalue weighted by molar-refractivity contribution is 0.364. The first-order chi connectivity index (χ1) is 8.18. The molecule has 5 heteroatoms. The van der Waals surface area contributed by atoms with Crippen molar-refractivity contribution in [2.24, 2.45) is 0 Å². The second-order valence-corrected chi connectivity index (χ2v) is 4.46. The molecule has 90 valence electrons. The largest absolute Gasteiger partial charge is 0.504 e. The third-order valence-electron chi connectivity index (χ3n) is 2.44. The fraction of sp³-hybridized carbons (Fsp3) is 0.167. The second kappa shape index (κ2) is 5.07. The monoisotopic (exact) mass is 251 g/mol. The van der Waals surface area contributed by atoms with Gasteiger partial charge in [0.05, 0.1) is 0 Å². The maximum atomic E-state index is 9.59. The number of thiophene rings is 1. The van der Waals surface area contributed by atoms with Gasteiger partial charge in [0.2, 0.25) is 5.75 Å². The lowest BCUT2D eigenvalue weighted by Gasteiger charge is -2.08. The van der Waals surface area contributed by atoms with Crippen LogP contribution in [0.3, 0.4) is 0 Å². The smallest absolute Gasteiger partial charge is 0.200 e. The molecular formula is C12H13NO3S. The molecule has 0 aliphatic carbocycles. The third kappa shape index (κ3) is 2.69. The highest BCUT2D eigenvalue weighted by atomic mass is 32.1. The van der Waals surface area contributed by atoms with Gasteiger partial charge in [0.15, 0.2) is 11.5 Å². The summed E-state index contributed by atoms with van der Waals surface area (Å²) in [5.74, 6) is -1.06. The highest BCUT2D eigenvalue weighted by Crippen LogP contribution is 2.36. The molecular weight excluding hydrogens is 238 g/mol. The van der Waals surface area contributed by atoms with Gasteiger partial charge in [0.1, 0.15) is 0 Å². The lowest BCUT2D eigenvalue weighted by atomic mass is 10.1. The summed E-state index contributed by atoms with van der Waals surface area (Å²) < 4.78 is 0. The van der Waals surface area contributed by atoms with Crippen molar-refractivity contribution >= 4 is 11.3 Å². The van der Waals surface area contributed by atoms with E-state index in [2.05, 4.69) is 5.32 Å². The lowest BCUT2D eigenvalue weighted by Crippen LogP contribution is -2.12. The zero-order valence-corrected chi connectivity index (χ0v) is 9.87. The Morgan fingerprint density at radius 2 is 1.82 bits per heavy atom. The molecule has 0 unspecified atom stereocenters. The molecule has 0 aliphatic rings. The zero-order valence-electron chi connectivity index (χ0n) is 9.05. The highest BCUT2D eigenvalue weighted by Gasteiger charge is 2.10. The topological polar surface area (TPSA) is 72.7 Å². The predicted molar refractivity (Wildman–Crippen MR) is 66.3 cm³/mol. The molecule has 0 atom stereocenters. The Hall–Kier alpha value is -1.72. The van der Waals surface area contributed by atoms with E-state index in [9.17, 15) is 15.3 Å². The summed E-state index contributed by atoms with van der Waals surface area (Å²) in [6, 6.07) is 4.95. The standard InChI is InChI=1S/C12H13NO3S/c14-10-2-1-9(11(15)12(10)16)6-13-5-8-3-4-17-7-8/h1-4,7,13-16H,5-6H2. The quantitative estimate of drug-likeness (QED) is 0.628. The van der Waals surface area contributed by atoms with Crippen LogP contribution in [0.2, 0.25) is 0 Å². The molecule has 0 saturated heterocycles. The first-order valence-corrected chi connectivity index (χ1v) is 6.07. The molecule has 1 aromatic heterocycles. The molecule has 1 heterocycles. The molecule has 0 spiro atoms. The summed E-state index contributed by atoms with van der Waals surface area (Å²) in [7, 11) is 0. The Morgan fingerprint density at radius 3 is 2.53 bits per heavy atom. The minimum absolute atomic E-state index is 0.275. The van der Waals surface area contributed by atoms with Crippen molar-refractivity contribution in [1.82, 2.24) is 5.32 Å². The number of hydrogen-bond acceptors (Lipinski definition) is 5. The molecule has 0 fully saturated rings. The van der Waals surface area contributed by atoms with Gasteiger partial charge in [0, 0.05) is 18.7 Å². The number of phenols is 3. The van der Waals surface area contributed by atoms with Gasteiger partial charge in [-0.2, -0.15) is 11.3 Å². The Balaban J connectivity index is 1.97. The van der Waals surface area contributed by atoms with E-state index in [-0.39, 0.29) is 11.5 Å². The summed E-state index contributed by atoms with van der Waals surface area (Å²) in [6.07, 6.45) is 0. The van der Waals surface area contributed by atoms with Gasteiger partial charge in [-0.1, -0.05) is 6.07 Å². The molecule has 0 saturated carbocycles. The maximum absolute atomic E-state index is 9.59. The van der Waals surface area contributed by atoms with Crippen molar-refractivity contribution in [3.8, 4) is 17.2 Å². The number of aromatic hydroxyl groups is 3. The van der Waals surface area contributed by atoms with E-state index in [0.29, 0.717) is 18.7 Å². The Labute approximate surface area is 103 Å². The zero-order chi connectivity index (χ0) is 12.3. The van der Waals surface area contributed by atoms with Gasteiger partial charge in [-0.3, -0.25) is 0 Å². The van der Waals surface area contributed by atoms with Gasteiger partial charge in [-0.15, -0.1) is 0 Å². The average molecular weight is 251 g/mol. The van der Waals surface area contributed by atoms with E-state index in [1.54, 1.807) is 17.4 Å². The Kier molecular flexibility index (Phi) is 3.51. The molecule has 0 amide bonds. The van der Waals surface area contributed by atoms with E-state index >= 15 is 0 Å². The van der Waals surface area contributed by atoms with E-state index in [1.807, 2.05) is 16.8 Å². The van der Waals surface area contributed by atoms with Gasteiger partial charge in [0.25, 0.3) is 0 Å². The Bertz CT molecular complexity index is 497. The second-order valence-electron chi connectivity index (χ2n) is 3.68. The van der Waals surface area contributed by atoms with Crippen LogP contribution in [0.1, 0.15) is 11.1 Å². The van der Waals surface area contributed by atoms with E-state index in [4.69, 9.17) is 0 Å². The van der Waals surface area contributed by atoms with Crippen LogP contribution >= 0.6 is 11.3 Å². The molecule has 0 radical (unpaired) electrons. The van der Waals surface area contributed by atoms with Gasteiger partial charge >= 0.3 is 0 Å². The summed E-state index contributed by atoms with van der Waals surface area (Å²) in [6.45, 7) is 1.13. The predicted octanol–water partition coefficient (Wildman–Crippen LogP) is 2.15. The van der Waals surface area contributed by atoms with Gasteiger partial charge in [-0.25, -0.2) is 0 Å². The van der Waals surface area contributed by atoms with Crippen LogP contribution in [0.25, 0.3) is 0 Å². The van der Waals surface area contributed by atoms with Crippen molar-refractivity contribution in [3.05, 3.63) is 40.1 Å². The first kappa shape index (κ1) is 11.8. The number of rotatable bonds is 4. The number of benzene rings is 1. The van der Waals surface area contributed by atoms with E-state index in [0.717, 1.165) is 0 Å². The molecule has 2 rings (SSSR count). The molecule has 0 bridgehead atoms. The van der Waals surface area contributed by atoms with Crippen molar-refractivity contribution < 1.29 is 15.3 Å². The van der Waals surface area contributed by atoms with Crippen LogP contribution in [0.15, 0.2) is 29.0 Å². The van der Waals surface area contributed by atoms with Crippen LogP contribution in [0, 0.1) is 0 Å². The number of phenolic OH excluding ortho intramolecular Hbond substituents is 3. The van der Waals surface area contributed by atoms with Gasteiger partial charge in [-0.05, 0) is 28.5 Å². The summed E-state index contributed by atoms with van der Waals surface area (Å²) >= 11 is 1.63. The summed E-state index contributed by atoms with van der Waals surface area (Å²) in [4.78, 5) is 0. The SMILES string of the molecule is Oc1ccc(CNCc2ccsc2)c(O)c1O. The van der Waals surface area contributed by atoms with E-state index < -0.39 is 5.75 Å². The van der Waals surface area contributed by atoms with Crippen molar-refractivity contribution in [2.45, 2.75) is 13.1 Å². The van der Waals surface area contributed by atoms with Crippen LogP contribution in [-0.4, -0.2) is 15.3 Å². The van der Waals surface area contributed by atoms with Crippen LogP contribution in [-0.2, 0) is 13.1 Å².